The molecule has 2 rings (SSSR count). The van der Waals surface area contributed by atoms with Crippen molar-refractivity contribution in [1.29, 1.82) is 5.26 Å². The summed E-state index contributed by atoms with van der Waals surface area (Å²) in [5.41, 5.74) is 1.48. The first kappa shape index (κ1) is 13.4. The van der Waals surface area contributed by atoms with Gasteiger partial charge >= 0.3 is 5.97 Å². The third kappa shape index (κ3) is 2.87. The minimum absolute atomic E-state index is 0.169. The Labute approximate surface area is 113 Å². The smallest absolute Gasteiger partial charge is 0.335 e. The standard InChI is InChI=1S/C15H18N2O2/c1-11-5-3-2-4-8-17(11)14-7-6-12(15(18)19)9-13(14)10-16/h6-7,9,11H,2-5,8H2,1H3,(H,18,19). The predicted octanol–water partition coefficient (Wildman–Crippen LogP) is 3.03. The number of carboxylic acid groups (broad SMARTS) is 1. The Hall–Kier alpha value is -2.02. The van der Waals surface area contributed by atoms with Crippen LogP contribution in [-0.2, 0) is 0 Å². The van der Waals surface area contributed by atoms with E-state index < -0.39 is 5.97 Å². The van der Waals surface area contributed by atoms with Crippen LogP contribution in [0.3, 0.4) is 0 Å². The maximum absolute atomic E-state index is 11.0. The number of nitrogens with zero attached hydrogens (tertiary/aromatic N) is 2. The number of benzene rings is 1. The fraction of sp³-hybridized carbons (Fsp3) is 0.467. The van der Waals surface area contributed by atoms with Crippen molar-refractivity contribution in [3.63, 3.8) is 0 Å². The van der Waals surface area contributed by atoms with Gasteiger partial charge in [-0.2, -0.15) is 5.26 Å². The highest BCUT2D eigenvalue weighted by atomic mass is 16.4. The molecule has 1 aliphatic heterocycles. The largest absolute Gasteiger partial charge is 0.478 e. The van der Waals surface area contributed by atoms with Crippen LogP contribution in [0.5, 0.6) is 0 Å². The lowest BCUT2D eigenvalue weighted by molar-refractivity contribution is 0.0697. The molecule has 0 saturated carbocycles. The molecule has 0 aliphatic carbocycles. The van der Waals surface area contributed by atoms with Crippen LogP contribution in [0.1, 0.15) is 48.5 Å². The first-order valence-corrected chi connectivity index (χ1v) is 6.67. The summed E-state index contributed by atoms with van der Waals surface area (Å²) in [5, 5.41) is 18.2. The van der Waals surface area contributed by atoms with E-state index in [1.54, 1.807) is 12.1 Å². The molecule has 1 aliphatic rings. The molecule has 1 atom stereocenters. The molecule has 1 aromatic carbocycles. The Balaban J connectivity index is 2.38. The maximum Gasteiger partial charge on any atom is 0.335 e. The molecular formula is C15H18N2O2. The van der Waals surface area contributed by atoms with Gasteiger partial charge in [0.05, 0.1) is 16.8 Å². The van der Waals surface area contributed by atoms with Crippen molar-refractivity contribution in [2.75, 3.05) is 11.4 Å². The van der Waals surface area contributed by atoms with Gasteiger partial charge in [0.15, 0.2) is 0 Å². The predicted molar refractivity (Wildman–Crippen MR) is 73.4 cm³/mol. The molecule has 0 aromatic heterocycles. The third-order valence-electron chi connectivity index (χ3n) is 3.73. The van der Waals surface area contributed by atoms with Crippen molar-refractivity contribution in [3.8, 4) is 6.07 Å². The highest BCUT2D eigenvalue weighted by Gasteiger charge is 2.20. The average molecular weight is 258 g/mol. The average Bonchev–Trinajstić information content (AvgIpc) is 2.62. The van der Waals surface area contributed by atoms with Gasteiger partial charge in [-0.1, -0.05) is 12.8 Å². The summed E-state index contributed by atoms with van der Waals surface area (Å²) >= 11 is 0. The summed E-state index contributed by atoms with van der Waals surface area (Å²) in [5.74, 6) is -0.994. The highest BCUT2D eigenvalue weighted by molar-refractivity contribution is 5.89. The van der Waals surface area contributed by atoms with Crippen LogP contribution < -0.4 is 4.90 Å². The van der Waals surface area contributed by atoms with E-state index in [0.29, 0.717) is 11.6 Å². The Kier molecular flexibility index (Phi) is 4.06. The Morgan fingerprint density at radius 2 is 2.21 bits per heavy atom. The van der Waals surface area contributed by atoms with E-state index in [4.69, 9.17) is 5.11 Å². The fourth-order valence-corrected chi connectivity index (χ4v) is 2.64. The van der Waals surface area contributed by atoms with Gasteiger partial charge in [0.2, 0.25) is 0 Å². The molecule has 4 nitrogen and oxygen atoms in total. The molecule has 0 amide bonds. The van der Waals surface area contributed by atoms with Gasteiger partial charge < -0.3 is 10.0 Å². The van der Waals surface area contributed by atoms with Crippen LogP contribution in [0.15, 0.2) is 18.2 Å². The molecule has 1 fully saturated rings. The summed E-state index contributed by atoms with van der Waals surface area (Å²) < 4.78 is 0. The van der Waals surface area contributed by atoms with Gasteiger partial charge in [0.25, 0.3) is 0 Å². The molecule has 1 heterocycles. The molecule has 1 N–H and O–H groups in total. The molecule has 100 valence electrons. The van der Waals surface area contributed by atoms with E-state index in [0.717, 1.165) is 25.1 Å². The zero-order valence-electron chi connectivity index (χ0n) is 11.1. The second-order valence-electron chi connectivity index (χ2n) is 5.04. The van der Waals surface area contributed by atoms with Crippen LogP contribution >= 0.6 is 0 Å². The Morgan fingerprint density at radius 1 is 1.42 bits per heavy atom. The number of carboxylic acids is 1. The molecule has 4 heteroatoms. The van der Waals surface area contributed by atoms with Gasteiger partial charge in [-0.3, -0.25) is 0 Å². The van der Waals surface area contributed by atoms with Crippen molar-refractivity contribution in [3.05, 3.63) is 29.3 Å². The van der Waals surface area contributed by atoms with E-state index >= 15 is 0 Å². The van der Waals surface area contributed by atoms with E-state index in [1.807, 2.05) is 0 Å². The fourth-order valence-electron chi connectivity index (χ4n) is 2.64. The van der Waals surface area contributed by atoms with E-state index in [9.17, 15) is 10.1 Å². The van der Waals surface area contributed by atoms with E-state index in [2.05, 4.69) is 17.9 Å². The van der Waals surface area contributed by atoms with E-state index in [1.165, 1.54) is 18.9 Å². The van der Waals surface area contributed by atoms with Crippen molar-refractivity contribution in [1.82, 2.24) is 0 Å². The summed E-state index contributed by atoms with van der Waals surface area (Å²) in [6, 6.07) is 7.33. The summed E-state index contributed by atoms with van der Waals surface area (Å²) in [6.45, 7) is 3.10. The lowest BCUT2D eigenvalue weighted by Crippen LogP contribution is -2.33. The van der Waals surface area contributed by atoms with Crippen LogP contribution in [0.4, 0.5) is 5.69 Å². The van der Waals surface area contributed by atoms with Crippen LogP contribution in [-0.4, -0.2) is 23.7 Å². The van der Waals surface area contributed by atoms with Crippen LogP contribution in [0, 0.1) is 11.3 Å². The zero-order valence-corrected chi connectivity index (χ0v) is 11.1. The number of hydrogen-bond acceptors (Lipinski definition) is 3. The topological polar surface area (TPSA) is 64.3 Å². The van der Waals surface area contributed by atoms with Gasteiger partial charge in [-0.15, -0.1) is 0 Å². The van der Waals surface area contributed by atoms with E-state index in [-0.39, 0.29) is 5.56 Å². The van der Waals surface area contributed by atoms with Crippen LogP contribution in [0.25, 0.3) is 0 Å². The van der Waals surface area contributed by atoms with Crippen molar-refractivity contribution in [2.45, 2.75) is 38.6 Å². The minimum Gasteiger partial charge on any atom is -0.478 e. The normalized spacial score (nSPS) is 19.6. The second-order valence-corrected chi connectivity index (χ2v) is 5.04. The minimum atomic E-state index is -0.994. The highest BCUT2D eigenvalue weighted by Crippen LogP contribution is 2.27. The molecule has 1 saturated heterocycles. The number of hydrogen-bond donors (Lipinski definition) is 1. The first-order valence-electron chi connectivity index (χ1n) is 6.67. The number of rotatable bonds is 2. The van der Waals surface area contributed by atoms with Crippen molar-refractivity contribution < 1.29 is 9.90 Å². The molecule has 0 bridgehead atoms. The van der Waals surface area contributed by atoms with Crippen molar-refractivity contribution >= 4 is 11.7 Å². The molecule has 19 heavy (non-hydrogen) atoms. The molecule has 1 aromatic rings. The monoisotopic (exact) mass is 258 g/mol. The number of nitriles is 1. The Bertz CT molecular complexity index is 519. The van der Waals surface area contributed by atoms with Crippen molar-refractivity contribution in [2.24, 2.45) is 0 Å². The zero-order chi connectivity index (χ0) is 13.8. The van der Waals surface area contributed by atoms with Gasteiger partial charge in [0, 0.05) is 12.6 Å². The summed E-state index contributed by atoms with van der Waals surface area (Å²) in [7, 11) is 0. The molecule has 1 unspecified atom stereocenters. The molecular weight excluding hydrogens is 240 g/mol. The summed E-state index contributed by atoms with van der Waals surface area (Å²) in [6.07, 6.45) is 4.67. The first-order chi connectivity index (χ1) is 9.13. The quantitative estimate of drug-likeness (QED) is 0.885. The maximum atomic E-state index is 11.0. The summed E-state index contributed by atoms with van der Waals surface area (Å²) in [4.78, 5) is 13.2. The number of carbonyl (C=O) groups is 1. The third-order valence-corrected chi connectivity index (χ3v) is 3.73. The van der Waals surface area contributed by atoms with Gasteiger partial charge in [0.1, 0.15) is 6.07 Å². The second kappa shape index (κ2) is 5.75. The molecule has 0 spiro atoms. The van der Waals surface area contributed by atoms with Gasteiger partial charge in [-0.05, 0) is 38.0 Å². The SMILES string of the molecule is CC1CCCCCN1c1ccc(C(=O)O)cc1C#N. The number of anilines is 1. The van der Waals surface area contributed by atoms with Gasteiger partial charge in [-0.25, -0.2) is 4.79 Å². The number of aromatic carboxylic acids is 1. The Morgan fingerprint density at radius 3 is 2.89 bits per heavy atom. The lowest BCUT2D eigenvalue weighted by Gasteiger charge is -2.30. The van der Waals surface area contributed by atoms with Crippen LogP contribution in [0.2, 0.25) is 0 Å². The molecule has 0 radical (unpaired) electrons. The lowest BCUT2D eigenvalue weighted by atomic mass is 10.1.